The lowest BCUT2D eigenvalue weighted by molar-refractivity contribution is -0.115. The van der Waals surface area contributed by atoms with Gasteiger partial charge in [0.05, 0.1) is 31.9 Å². The summed E-state index contributed by atoms with van der Waals surface area (Å²) < 4.78 is 16.1. The number of carbonyl (C=O) groups excluding carboxylic acids is 1. The molecule has 0 aromatic heterocycles. The minimum atomic E-state index is -0.192. The summed E-state index contributed by atoms with van der Waals surface area (Å²) in [6.45, 7) is 4.04. The van der Waals surface area contributed by atoms with Crippen molar-refractivity contribution in [2.75, 3.05) is 21.3 Å². The monoisotopic (exact) mass is 398 g/mol. The SMILES string of the molecule is COc1cc(/C=C2\SC(=Nc3ccc(C)cc3C)NC2=O)cc(OC)c1OC. The van der Waals surface area contributed by atoms with E-state index in [1.165, 1.54) is 17.3 Å². The van der Waals surface area contributed by atoms with Crippen LogP contribution in [0.25, 0.3) is 6.08 Å². The van der Waals surface area contributed by atoms with Gasteiger partial charge in [0.25, 0.3) is 5.91 Å². The van der Waals surface area contributed by atoms with E-state index in [-0.39, 0.29) is 5.91 Å². The van der Waals surface area contributed by atoms with Crippen LogP contribution in [0.4, 0.5) is 5.69 Å². The highest BCUT2D eigenvalue weighted by Crippen LogP contribution is 2.39. The molecule has 7 heteroatoms. The quantitative estimate of drug-likeness (QED) is 0.764. The van der Waals surface area contributed by atoms with Gasteiger partial charge in [0.2, 0.25) is 5.75 Å². The molecule has 3 rings (SSSR count). The lowest BCUT2D eigenvalue weighted by Crippen LogP contribution is -2.19. The molecule has 2 aromatic carbocycles. The Morgan fingerprint density at radius 1 is 1.00 bits per heavy atom. The number of aliphatic imine (C=N–C) groups is 1. The van der Waals surface area contributed by atoms with Crippen LogP contribution in [0.5, 0.6) is 17.2 Å². The zero-order valence-corrected chi connectivity index (χ0v) is 17.3. The number of rotatable bonds is 5. The van der Waals surface area contributed by atoms with Gasteiger partial charge >= 0.3 is 0 Å². The first-order valence-electron chi connectivity index (χ1n) is 8.62. The van der Waals surface area contributed by atoms with Gasteiger partial charge in [-0.25, -0.2) is 4.99 Å². The third-order valence-electron chi connectivity index (χ3n) is 4.21. The molecule has 0 spiro atoms. The number of hydrogen-bond donors (Lipinski definition) is 1. The number of amides is 1. The molecule has 146 valence electrons. The number of carbonyl (C=O) groups is 1. The fraction of sp³-hybridized carbons (Fsp3) is 0.238. The molecule has 0 aliphatic carbocycles. The van der Waals surface area contributed by atoms with Crippen molar-refractivity contribution in [1.29, 1.82) is 0 Å². The first-order chi connectivity index (χ1) is 13.4. The van der Waals surface area contributed by atoms with Gasteiger partial charge in [-0.2, -0.15) is 0 Å². The Morgan fingerprint density at radius 3 is 2.25 bits per heavy atom. The van der Waals surface area contributed by atoms with Crippen LogP contribution < -0.4 is 19.5 Å². The van der Waals surface area contributed by atoms with Crippen LogP contribution >= 0.6 is 11.8 Å². The molecule has 1 aliphatic heterocycles. The highest BCUT2D eigenvalue weighted by Gasteiger charge is 2.24. The largest absolute Gasteiger partial charge is 0.493 e. The number of benzene rings is 2. The summed E-state index contributed by atoms with van der Waals surface area (Å²) in [7, 11) is 4.66. The number of amidine groups is 1. The van der Waals surface area contributed by atoms with Crippen molar-refractivity contribution in [3.63, 3.8) is 0 Å². The van der Waals surface area contributed by atoms with E-state index in [0.717, 1.165) is 16.8 Å². The number of nitrogens with zero attached hydrogens (tertiary/aromatic N) is 1. The van der Waals surface area contributed by atoms with Crippen LogP contribution in [-0.2, 0) is 4.79 Å². The van der Waals surface area contributed by atoms with Crippen LogP contribution in [0, 0.1) is 13.8 Å². The highest BCUT2D eigenvalue weighted by molar-refractivity contribution is 8.18. The predicted octanol–water partition coefficient (Wildman–Crippen LogP) is 4.22. The Balaban J connectivity index is 1.91. The normalized spacial score (nSPS) is 16.4. The second kappa shape index (κ2) is 8.39. The Kier molecular flexibility index (Phi) is 5.94. The summed E-state index contributed by atoms with van der Waals surface area (Å²) in [5.41, 5.74) is 3.83. The van der Waals surface area contributed by atoms with Crippen molar-refractivity contribution >= 4 is 34.6 Å². The molecule has 1 amide bonds. The van der Waals surface area contributed by atoms with Crippen LogP contribution in [-0.4, -0.2) is 32.4 Å². The molecule has 6 nitrogen and oxygen atoms in total. The summed E-state index contributed by atoms with van der Waals surface area (Å²) in [6.07, 6.45) is 1.77. The average molecular weight is 398 g/mol. The number of thioether (sulfide) groups is 1. The molecule has 1 fully saturated rings. The Hall–Kier alpha value is -2.93. The topological polar surface area (TPSA) is 69.2 Å². The predicted molar refractivity (Wildman–Crippen MR) is 113 cm³/mol. The van der Waals surface area contributed by atoms with Gasteiger partial charge in [0.15, 0.2) is 16.7 Å². The maximum absolute atomic E-state index is 12.4. The van der Waals surface area contributed by atoms with Gasteiger partial charge in [-0.1, -0.05) is 17.7 Å². The Bertz CT molecular complexity index is 957. The number of methoxy groups -OCH3 is 3. The third-order valence-corrected chi connectivity index (χ3v) is 5.12. The van der Waals surface area contributed by atoms with Crippen molar-refractivity contribution in [3.8, 4) is 17.2 Å². The van der Waals surface area contributed by atoms with Crippen LogP contribution in [0.15, 0.2) is 40.2 Å². The molecule has 0 atom stereocenters. The smallest absolute Gasteiger partial charge is 0.264 e. The van der Waals surface area contributed by atoms with Crippen molar-refractivity contribution in [3.05, 3.63) is 51.9 Å². The van der Waals surface area contributed by atoms with E-state index in [1.807, 2.05) is 26.0 Å². The van der Waals surface area contributed by atoms with E-state index >= 15 is 0 Å². The highest BCUT2D eigenvalue weighted by atomic mass is 32.2. The van der Waals surface area contributed by atoms with Gasteiger partial charge in [-0.15, -0.1) is 0 Å². The first kappa shape index (κ1) is 19.8. The fourth-order valence-corrected chi connectivity index (χ4v) is 3.69. The zero-order chi connectivity index (χ0) is 20.3. The van der Waals surface area contributed by atoms with Crippen molar-refractivity contribution in [2.45, 2.75) is 13.8 Å². The number of nitrogens with one attached hydrogen (secondary N) is 1. The summed E-state index contributed by atoms with van der Waals surface area (Å²) in [4.78, 5) is 17.5. The van der Waals surface area contributed by atoms with Crippen LogP contribution in [0.2, 0.25) is 0 Å². The maximum atomic E-state index is 12.4. The molecule has 1 N–H and O–H groups in total. The van der Waals surface area contributed by atoms with E-state index in [4.69, 9.17) is 14.2 Å². The number of aryl methyl sites for hydroxylation is 2. The molecular weight excluding hydrogens is 376 g/mol. The second-order valence-corrected chi connectivity index (χ2v) is 7.26. The van der Waals surface area contributed by atoms with Gasteiger partial charge < -0.3 is 19.5 Å². The van der Waals surface area contributed by atoms with Crippen LogP contribution in [0.3, 0.4) is 0 Å². The van der Waals surface area contributed by atoms with E-state index in [2.05, 4.69) is 16.4 Å². The average Bonchev–Trinajstić information content (AvgIpc) is 3.02. The second-order valence-electron chi connectivity index (χ2n) is 6.23. The van der Waals surface area contributed by atoms with E-state index in [1.54, 1.807) is 39.5 Å². The standard InChI is InChI=1S/C21H22N2O4S/c1-12-6-7-15(13(2)8-12)22-21-23-20(24)18(28-21)11-14-9-16(25-3)19(27-5)17(10-14)26-4/h6-11H,1-5H3,(H,22,23,24)/b18-11-. The molecule has 1 aliphatic rings. The lowest BCUT2D eigenvalue weighted by atomic mass is 10.1. The van der Waals surface area contributed by atoms with Gasteiger partial charge in [-0.05, 0) is 61.0 Å². The van der Waals surface area contributed by atoms with E-state index in [9.17, 15) is 4.79 Å². The van der Waals surface area contributed by atoms with Gasteiger partial charge in [0, 0.05) is 0 Å². The Labute approximate surface area is 168 Å². The minimum absolute atomic E-state index is 0.192. The molecule has 0 bridgehead atoms. The molecule has 0 radical (unpaired) electrons. The zero-order valence-electron chi connectivity index (χ0n) is 16.5. The lowest BCUT2D eigenvalue weighted by Gasteiger charge is -2.12. The molecule has 28 heavy (non-hydrogen) atoms. The summed E-state index contributed by atoms with van der Waals surface area (Å²) >= 11 is 1.30. The number of hydrogen-bond acceptors (Lipinski definition) is 6. The Morgan fingerprint density at radius 2 is 1.68 bits per heavy atom. The molecule has 0 unspecified atom stereocenters. The van der Waals surface area contributed by atoms with E-state index < -0.39 is 0 Å². The molecule has 2 aromatic rings. The third kappa shape index (κ3) is 4.14. The summed E-state index contributed by atoms with van der Waals surface area (Å²) in [5.74, 6) is 1.37. The minimum Gasteiger partial charge on any atom is -0.493 e. The van der Waals surface area contributed by atoms with Crippen molar-refractivity contribution < 1.29 is 19.0 Å². The first-order valence-corrected chi connectivity index (χ1v) is 9.43. The number of ether oxygens (including phenoxy) is 3. The van der Waals surface area contributed by atoms with E-state index in [0.29, 0.717) is 27.3 Å². The molecule has 0 saturated carbocycles. The van der Waals surface area contributed by atoms with Crippen molar-refractivity contribution in [2.24, 2.45) is 4.99 Å². The van der Waals surface area contributed by atoms with Crippen molar-refractivity contribution in [1.82, 2.24) is 5.32 Å². The molecular formula is C21H22N2O4S. The van der Waals surface area contributed by atoms with Gasteiger partial charge in [0.1, 0.15) is 0 Å². The maximum Gasteiger partial charge on any atom is 0.264 e. The molecule has 1 heterocycles. The molecule has 1 saturated heterocycles. The summed E-state index contributed by atoms with van der Waals surface area (Å²) in [5, 5.41) is 3.36. The summed E-state index contributed by atoms with van der Waals surface area (Å²) in [6, 6.07) is 9.60. The van der Waals surface area contributed by atoms with Gasteiger partial charge in [-0.3, -0.25) is 4.79 Å². The fourth-order valence-electron chi connectivity index (χ4n) is 2.86. The van der Waals surface area contributed by atoms with Crippen LogP contribution in [0.1, 0.15) is 16.7 Å².